The van der Waals surface area contributed by atoms with E-state index in [1.54, 1.807) is 13.1 Å². The van der Waals surface area contributed by atoms with Gasteiger partial charge in [0.2, 0.25) is 0 Å². The topological polar surface area (TPSA) is 36.4 Å². The summed E-state index contributed by atoms with van der Waals surface area (Å²) in [6.07, 6.45) is 3.92. The molecule has 2 rings (SSSR count). The van der Waals surface area contributed by atoms with Gasteiger partial charge in [-0.05, 0) is 37.3 Å². The summed E-state index contributed by atoms with van der Waals surface area (Å²) < 4.78 is 0. The van der Waals surface area contributed by atoms with E-state index in [2.05, 4.69) is 23.7 Å². The molecule has 1 fully saturated rings. The maximum absolute atomic E-state index is 9.47. The number of nitrogens with zero attached hydrogens (tertiary/aromatic N) is 2. The molecule has 3 nitrogen and oxygen atoms in total. The quantitative estimate of drug-likeness (QED) is 0.851. The van der Waals surface area contributed by atoms with Crippen molar-refractivity contribution in [2.45, 2.75) is 45.8 Å². The maximum atomic E-state index is 9.47. The molecule has 0 spiro atoms. The fourth-order valence-electron chi connectivity index (χ4n) is 2.02. The lowest BCUT2D eigenvalue weighted by atomic mass is 10.1. The Hall–Kier alpha value is -1.09. The van der Waals surface area contributed by atoms with Crippen molar-refractivity contribution in [1.82, 2.24) is 4.98 Å². The van der Waals surface area contributed by atoms with Crippen LogP contribution in [0.4, 0.5) is 5.82 Å². The summed E-state index contributed by atoms with van der Waals surface area (Å²) in [6, 6.07) is 4.69. The number of hydrogen-bond donors (Lipinski definition) is 1. The maximum Gasteiger partial charge on any atom is 0.128 e. The van der Waals surface area contributed by atoms with Crippen LogP contribution in [0.5, 0.6) is 0 Å². The minimum Gasteiger partial charge on any atom is -0.389 e. The van der Waals surface area contributed by atoms with Crippen LogP contribution in [0.2, 0.25) is 0 Å². The van der Waals surface area contributed by atoms with Crippen molar-refractivity contribution >= 4 is 5.82 Å². The third kappa shape index (κ3) is 3.19. The highest BCUT2D eigenvalue weighted by atomic mass is 16.3. The van der Waals surface area contributed by atoms with Crippen LogP contribution < -0.4 is 4.90 Å². The molecule has 0 unspecified atom stereocenters. The van der Waals surface area contributed by atoms with Crippen molar-refractivity contribution in [3.63, 3.8) is 0 Å². The van der Waals surface area contributed by atoms with Crippen molar-refractivity contribution in [2.24, 2.45) is 5.92 Å². The first-order valence-electron chi connectivity index (χ1n) is 6.48. The number of pyridine rings is 1. The molecule has 1 N–H and O–H groups in total. The van der Waals surface area contributed by atoms with E-state index < -0.39 is 6.10 Å². The SMILES string of the molecule is CC(C)CN(c1ccc([C@@H](C)O)cn1)C1CC1. The van der Waals surface area contributed by atoms with E-state index in [0.717, 1.165) is 17.9 Å². The zero-order valence-corrected chi connectivity index (χ0v) is 10.9. The molecule has 0 bridgehead atoms. The van der Waals surface area contributed by atoms with E-state index in [4.69, 9.17) is 0 Å². The van der Waals surface area contributed by atoms with Crippen molar-refractivity contribution in [3.8, 4) is 0 Å². The molecule has 0 aromatic carbocycles. The van der Waals surface area contributed by atoms with Crippen LogP contribution >= 0.6 is 0 Å². The highest BCUT2D eigenvalue weighted by molar-refractivity contribution is 5.42. The third-order valence-electron chi connectivity index (χ3n) is 3.10. The van der Waals surface area contributed by atoms with Crippen LogP contribution in [0.1, 0.15) is 45.3 Å². The van der Waals surface area contributed by atoms with Gasteiger partial charge >= 0.3 is 0 Å². The Kier molecular flexibility index (Phi) is 3.67. The lowest BCUT2D eigenvalue weighted by Gasteiger charge is -2.25. The molecule has 1 aliphatic carbocycles. The lowest BCUT2D eigenvalue weighted by molar-refractivity contribution is 0.199. The van der Waals surface area contributed by atoms with Gasteiger partial charge in [-0.2, -0.15) is 0 Å². The molecule has 0 aliphatic heterocycles. The standard InChI is InChI=1S/C14H22N2O/c1-10(2)9-16(13-5-6-13)14-7-4-12(8-15-14)11(3)17/h4,7-8,10-11,13,17H,5-6,9H2,1-3H3/t11-/m1/s1. The van der Waals surface area contributed by atoms with Gasteiger partial charge in [-0.3, -0.25) is 0 Å². The predicted octanol–water partition coefficient (Wildman–Crippen LogP) is 2.76. The van der Waals surface area contributed by atoms with Gasteiger partial charge in [0.15, 0.2) is 0 Å². The van der Waals surface area contributed by atoms with Crippen LogP contribution in [-0.4, -0.2) is 22.7 Å². The van der Waals surface area contributed by atoms with Crippen molar-refractivity contribution in [2.75, 3.05) is 11.4 Å². The largest absolute Gasteiger partial charge is 0.389 e. The lowest BCUT2D eigenvalue weighted by Crippen LogP contribution is -2.30. The average molecular weight is 234 g/mol. The molecule has 1 aliphatic rings. The zero-order chi connectivity index (χ0) is 12.4. The summed E-state index contributed by atoms with van der Waals surface area (Å²) in [7, 11) is 0. The van der Waals surface area contributed by atoms with E-state index in [9.17, 15) is 5.11 Å². The molecule has 0 saturated heterocycles. The van der Waals surface area contributed by atoms with Gasteiger partial charge in [0.1, 0.15) is 5.82 Å². The van der Waals surface area contributed by atoms with Gasteiger partial charge in [0.25, 0.3) is 0 Å². The van der Waals surface area contributed by atoms with E-state index in [-0.39, 0.29) is 0 Å². The minimum absolute atomic E-state index is 0.434. The molecular weight excluding hydrogens is 212 g/mol. The van der Waals surface area contributed by atoms with Gasteiger partial charge in [-0.25, -0.2) is 4.98 Å². The van der Waals surface area contributed by atoms with Crippen LogP contribution in [0.15, 0.2) is 18.3 Å². The summed E-state index contributed by atoms with van der Waals surface area (Å²) in [5, 5.41) is 9.47. The summed E-state index contributed by atoms with van der Waals surface area (Å²) in [6.45, 7) is 7.30. The summed E-state index contributed by atoms with van der Waals surface area (Å²) in [5.74, 6) is 1.69. The van der Waals surface area contributed by atoms with Gasteiger partial charge in [0, 0.05) is 18.8 Å². The fourth-order valence-corrected chi connectivity index (χ4v) is 2.02. The molecule has 94 valence electrons. The van der Waals surface area contributed by atoms with E-state index in [1.807, 2.05) is 12.1 Å². The Labute approximate surface area is 103 Å². The summed E-state index contributed by atoms with van der Waals surface area (Å²) >= 11 is 0. The van der Waals surface area contributed by atoms with Crippen LogP contribution in [0, 0.1) is 5.92 Å². The van der Waals surface area contributed by atoms with Gasteiger partial charge in [-0.15, -0.1) is 0 Å². The number of hydrogen-bond acceptors (Lipinski definition) is 3. The Morgan fingerprint density at radius 3 is 2.47 bits per heavy atom. The normalized spacial score (nSPS) is 17.2. The second-order valence-corrected chi connectivity index (χ2v) is 5.40. The first-order chi connectivity index (χ1) is 8.08. The molecule has 1 heterocycles. The molecule has 1 saturated carbocycles. The fraction of sp³-hybridized carbons (Fsp3) is 0.643. The summed E-state index contributed by atoms with van der Waals surface area (Å²) in [5.41, 5.74) is 0.883. The van der Waals surface area contributed by atoms with Crippen LogP contribution in [0.3, 0.4) is 0 Å². The number of aromatic nitrogens is 1. The van der Waals surface area contributed by atoms with Crippen molar-refractivity contribution in [3.05, 3.63) is 23.9 Å². The first-order valence-corrected chi connectivity index (χ1v) is 6.48. The molecular formula is C14H22N2O. The summed E-state index contributed by atoms with van der Waals surface area (Å²) in [4.78, 5) is 6.88. The van der Waals surface area contributed by atoms with Gasteiger partial charge < -0.3 is 10.0 Å². The number of anilines is 1. The van der Waals surface area contributed by atoms with E-state index >= 15 is 0 Å². The van der Waals surface area contributed by atoms with Crippen LogP contribution in [-0.2, 0) is 0 Å². The average Bonchev–Trinajstić information content (AvgIpc) is 3.09. The zero-order valence-electron chi connectivity index (χ0n) is 10.9. The Bertz CT molecular complexity index is 355. The monoisotopic (exact) mass is 234 g/mol. The first kappa shape index (κ1) is 12.4. The van der Waals surface area contributed by atoms with Crippen molar-refractivity contribution < 1.29 is 5.11 Å². The molecule has 17 heavy (non-hydrogen) atoms. The number of aliphatic hydroxyl groups excluding tert-OH is 1. The number of aliphatic hydroxyl groups is 1. The van der Waals surface area contributed by atoms with Crippen LogP contribution in [0.25, 0.3) is 0 Å². The minimum atomic E-state index is -0.434. The molecule has 0 radical (unpaired) electrons. The van der Waals surface area contributed by atoms with Crippen molar-refractivity contribution in [1.29, 1.82) is 0 Å². The third-order valence-corrected chi connectivity index (χ3v) is 3.10. The predicted molar refractivity (Wildman–Crippen MR) is 70.1 cm³/mol. The molecule has 1 aromatic rings. The Morgan fingerprint density at radius 1 is 1.35 bits per heavy atom. The van der Waals surface area contributed by atoms with Gasteiger partial charge in [0.05, 0.1) is 6.10 Å². The second kappa shape index (κ2) is 5.05. The van der Waals surface area contributed by atoms with Gasteiger partial charge in [-0.1, -0.05) is 19.9 Å². The highest BCUT2D eigenvalue weighted by Gasteiger charge is 2.30. The molecule has 1 atom stereocenters. The molecule has 0 amide bonds. The Morgan fingerprint density at radius 2 is 2.06 bits per heavy atom. The van der Waals surface area contributed by atoms with E-state index in [0.29, 0.717) is 12.0 Å². The Balaban J connectivity index is 2.12. The number of rotatable bonds is 5. The second-order valence-electron chi connectivity index (χ2n) is 5.40. The molecule has 3 heteroatoms. The molecule has 1 aromatic heterocycles. The smallest absolute Gasteiger partial charge is 0.128 e. The van der Waals surface area contributed by atoms with E-state index in [1.165, 1.54) is 12.8 Å². The highest BCUT2D eigenvalue weighted by Crippen LogP contribution is 2.31.